The van der Waals surface area contributed by atoms with E-state index < -0.39 is 0 Å². The molecule has 1 saturated heterocycles. The highest BCUT2D eigenvalue weighted by Crippen LogP contribution is 2.25. The summed E-state index contributed by atoms with van der Waals surface area (Å²) in [7, 11) is 3.54. The molecule has 7 nitrogen and oxygen atoms in total. The predicted molar refractivity (Wildman–Crippen MR) is 114 cm³/mol. The zero-order valence-electron chi connectivity index (χ0n) is 17.0. The fraction of sp³-hybridized carbons (Fsp3) is 0.600. The fourth-order valence-electron chi connectivity index (χ4n) is 3.33. The van der Waals surface area contributed by atoms with Crippen molar-refractivity contribution in [1.29, 1.82) is 0 Å². The normalized spacial score (nSPS) is 14.8. The van der Waals surface area contributed by atoms with E-state index in [2.05, 4.69) is 20.9 Å². The number of halogens is 1. The van der Waals surface area contributed by atoms with Crippen molar-refractivity contribution < 1.29 is 14.3 Å². The lowest BCUT2D eigenvalue weighted by molar-refractivity contribution is -0.125. The van der Waals surface area contributed by atoms with Gasteiger partial charge in [0, 0.05) is 0 Å². The molecule has 0 bridgehead atoms. The summed E-state index contributed by atoms with van der Waals surface area (Å²) in [6, 6.07) is 5.57. The van der Waals surface area contributed by atoms with E-state index in [4.69, 9.17) is 4.74 Å². The maximum atomic E-state index is 12.1. The zero-order chi connectivity index (χ0) is 19.6. The Morgan fingerprint density at radius 1 is 1.21 bits per heavy atom. The standard InChI is InChI=1S/C20H32N4O3.ClH/c1-15-4-5-18(27-3)17(12-15)23-19(25)13-22-20(26)14-24-10-7-16(8-11-24)6-9-21-2;/h4-5,12,16,21H,6-11,13-14H2,1-3H3,(H,22,26)(H,23,25);1H. The number of rotatable bonds is 9. The highest BCUT2D eigenvalue weighted by atomic mass is 35.5. The van der Waals surface area contributed by atoms with Gasteiger partial charge >= 0.3 is 0 Å². The number of hydrogen-bond donors (Lipinski definition) is 3. The Balaban J connectivity index is 0.00000392. The van der Waals surface area contributed by atoms with Crippen molar-refractivity contribution in [2.45, 2.75) is 26.2 Å². The molecule has 0 aromatic heterocycles. The summed E-state index contributed by atoms with van der Waals surface area (Å²) in [5.74, 6) is 0.960. The number of benzene rings is 1. The first-order valence-corrected chi connectivity index (χ1v) is 9.60. The average molecular weight is 413 g/mol. The molecule has 2 rings (SSSR count). The third-order valence-corrected chi connectivity index (χ3v) is 4.95. The molecular formula is C20H33ClN4O3. The summed E-state index contributed by atoms with van der Waals surface area (Å²) in [6.45, 7) is 5.17. The molecule has 0 radical (unpaired) electrons. The first-order chi connectivity index (χ1) is 13.0. The number of piperidine rings is 1. The molecule has 1 heterocycles. The van der Waals surface area contributed by atoms with Gasteiger partial charge in [-0.1, -0.05) is 6.07 Å². The molecular weight excluding hydrogens is 380 g/mol. The minimum Gasteiger partial charge on any atom is -0.495 e. The number of methoxy groups -OCH3 is 1. The molecule has 0 spiro atoms. The average Bonchev–Trinajstić information content (AvgIpc) is 2.66. The van der Waals surface area contributed by atoms with Gasteiger partial charge in [0.2, 0.25) is 11.8 Å². The Labute approximate surface area is 174 Å². The maximum Gasteiger partial charge on any atom is 0.243 e. The molecule has 28 heavy (non-hydrogen) atoms. The highest BCUT2D eigenvalue weighted by Gasteiger charge is 2.20. The van der Waals surface area contributed by atoms with E-state index in [-0.39, 0.29) is 30.8 Å². The fourth-order valence-corrected chi connectivity index (χ4v) is 3.33. The predicted octanol–water partition coefficient (Wildman–Crippen LogP) is 1.80. The van der Waals surface area contributed by atoms with Crippen molar-refractivity contribution in [2.75, 3.05) is 52.2 Å². The number of nitrogens with zero attached hydrogens (tertiary/aromatic N) is 1. The number of amides is 2. The first-order valence-electron chi connectivity index (χ1n) is 9.60. The zero-order valence-corrected chi connectivity index (χ0v) is 17.9. The van der Waals surface area contributed by atoms with Gasteiger partial charge in [-0.05, 0) is 76.5 Å². The van der Waals surface area contributed by atoms with Gasteiger partial charge in [0.05, 0.1) is 25.9 Å². The quantitative estimate of drug-likeness (QED) is 0.576. The van der Waals surface area contributed by atoms with Crippen LogP contribution in [0.1, 0.15) is 24.8 Å². The largest absolute Gasteiger partial charge is 0.495 e. The monoisotopic (exact) mass is 412 g/mol. The minimum atomic E-state index is -0.266. The molecule has 8 heteroatoms. The van der Waals surface area contributed by atoms with Crippen LogP contribution < -0.4 is 20.7 Å². The Bertz CT molecular complexity index is 634. The maximum absolute atomic E-state index is 12.1. The van der Waals surface area contributed by atoms with Gasteiger partial charge in [-0.15, -0.1) is 12.4 Å². The van der Waals surface area contributed by atoms with Crippen molar-refractivity contribution >= 4 is 29.9 Å². The molecule has 1 aromatic rings. The molecule has 1 aromatic carbocycles. The van der Waals surface area contributed by atoms with Crippen LogP contribution in [0.15, 0.2) is 18.2 Å². The summed E-state index contributed by atoms with van der Waals surface area (Å²) in [4.78, 5) is 26.4. The van der Waals surface area contributed by atoms with Gasteiger partial charge in [-0.3, -0.25) is 14.5 Å². The Morgan fingerprint density at radius 2 is 1.93 bits per heavy atom. The van der Waals surface area contributed by atoms with Gasteiger partial charge in [-0.2, -0.15) is 0 Å². The molecule has 1 aliphatic heterocycles. The number of ether oxygens (including phenoxy) is 1. The van der Waals surface area contributed by atoms with Crippen LogP contribution in [-0.2, 0) is 9.59 Å². The lowest BCUT2D eigenvalue weighted by Crippen LogP contribution is -2.43. The van der Waals surface area contributed by atoms with Crippen LogP contribution in [0.4, 0.5) is 5.69 Å². The van der Waals surface area contributed by atoms with Crippen LogP contribution in [0.2, 0.25) is 0 Å². The molecule has 2 amide bonds. The van der Waals surface area contributed by atoms with Gasteiger partial charge in [0.25, 0.3) is 0 Å². The van der Waals surface area contributed by atoms with E-state index in [0.29, 0.717) is 18.0 Å². The molecule has 0 unspecified atom stereocenters. The third kappa shape index (κ3) is 8.04. The van der Waals surface area contributed by atoms with Crippen molar-refractivity contribution in [2.24, 2.45) is 5.92 Å². The molecule has 1 fully saturated rings. The molecule has 0 aliphatic carbocycles. The van der Waals surface area contributed by atoms with E-state index in [1.807, 2.05) is 32.2 Å². The lowest BCUT2D eigenvalue weighted by Gasteiger charge is -2.31. The van der Waals surface area contributed by atoms with Crippen molar-refractivity contribution in [1.82, 2.24) is 15.5 Å². The molecule has 0 saturated carbocycles. The van der Waals surface area contributed by atoms with Crippen LogP contribution in [0.25, 0.3) is 0 Å². The topological polar surface area (TPSA) is 82.7 Å². The van der Waals surface area contributed by atoms with Gasteiger partial charge in [0.15, 0.2) is 0 Å². The van der Waals surface area contributed by atoms with Crippen molar-refractivity contribution in [3.05, 3.63) is 23.8 Å². The second-order valence-electron chi connectivity index (χ2n) is 7.14. The van der Waals surface area contributed by atoms with E-state index in [1.54, 1.807) is 7.11 Å². The molecule has 158 valence electrons. The summed E-state index contributed by atoms with van der Waals surface area (Å²) in [6.07, 6.45) is 3.45. The first kappa shape index (κ1) is 24.2. The summed E-state index contributed by atoms with van der Waals surface area (Å²) in [5, 5.41) is 8.68. The van der Waals surface area contributed by atoms with Crippen LogP contribution in [0.3, 0.4) is 0 Å². The Morgan fingerprint density at radius 3 is 2.57 bits per heavy atom. The van der Waals surface area contributed by atoms with Crippen LogP contribution in [0.5, 0.6) is 5.75 Å². The van der Waals surface area contributed by atoms with Crippen molar-refractivity contribution in [3.8, 4) is 5.75 Å². The Kier molecular flexibility index (Phi) is 10.9. The second-order valence-corrected chi connectivity index (χ2v) is 7.14. The number of likely N-dealkylation sites (tertiary alicyclic amines) is 1. The van der Waals surface area contributed by atoms with Crippen LogP contribution in [-0.4, -0.2) is 63.6 Å². The number of nitrogens with one attached hydrogen (secondary N) is 3. The second kappa shape index (κ2) is 12.6. The molecule has 3 N–H and O–H groups in total. The minimum absolute atomic E-state index is 0. The summed E-state index contributed by atoms with van der Waals surface area (Å²) < 4.78 is 5.25. The number of aryl methyl sites for hydroxylation is 1. The van der Waals surface area contributed by atoms with Crippen LogP contribution >= 0.6 is 12.4 Å². The number of hydrogen-bond acceptors (Lipinski definition) is 5. The molecule has 1 aliphatic rings. The molecule has 0 atom stereocenters. The van der Waals surface area contributed by atoms with E-state index in [1.165, 1.54) is 6.42 Å². The van der Waals surface area contributed by atoms with Gasteiger partial charge in [-0.25, -0.2) is 0 Å². The third-order valence-electron chi connectivity index (χ3n) is 4.95. The summed E-state index contributed by atoms with van der Waals surface area (Å²) in [5.41, 5.74) is 1.63. The van der Waals surface area contributed by atoms with Crippen molar-refractivity contribution in [3.63, 3.8) is 0 Å². The van der Waals surface area contributed by atoms with Gasteiger partial charge in [0.1, 0.15) is 5.75 Å². The lowest BCUT2D eigenvalue weighted by atomic mass is 9.93. The van der Waals surface area contributed by atoms with E-state index in [9.17, 15) is 9.59 Å². The van der Waals surface area contributed by atoms with Gasteiger partial charge < -0.3 is 20.7 Å². The summed E-state index contributed by atoms with van der Waals surface area (Å²) >= 11 is 0. The number of carbonyl (C=O) groups is 2. The number of anilines is 1. The smallest absolute Gasteiger partial charge is 0.243 e. The van der Waals surface area contributed by atoms with E-state index >= 15 is 0 Å². The highest BCUT2D eigenvalue weighted by molar-refractivity contribution is 5.96. The van der Waals surface area contributed by atoms with E-state index in [0.717, 1.165) is 44.0 Å². The SMILES string of the molecule is CNCCC1CCN(CC(=O)NCC(=O)Nc2cc(C)ccc2OC)CC1.Cl. The van der Waals surface area contributed by atoms with Crippen LogP contribution in [0, 0.1) is 12.8 Å². The Hall–Kier alpha value is -1.83. The number of carbonyl (C=O) groups excluding carboxylic acids is 2.